The molecular formula is C21H20F3N7O6S3. The van der Waals surface area contributed by atoms with Gasteiger partial charge in [0.25, 0.3) is 5.91 Å². The zero-order chi connectivity index (χ0) is 28.9. The minimum atomic E-state index is -4.60. The molecule has 3 atom stereocenters. The van der Waals surface area contributed by atoms with Crippen LogP contribution >= 0.6 is 35.3 Å². The first-order chi connectivity index (χ1) is 19.0. The third-order valence-electron chi connectivity index (χ3n) is 5.43. The second kappa shape index (κ2) is 12.9. The van der Waals surface area contributed by atoms with Gasteiger partial charge < -0.3 is 14.8 Å². The van der Waals surface area contributed by atoms with E-state index in [-0.39, 0.29) is 23.0 Å². The fourth-order valence-electron chi connectivity index (χ4n) is 3.66. The Morgan fingerprint density at radius 3 is 2.77 bits per heavy atom. The topological polar surface area (TPSA) is 169 Å². The lowest BCUT2D eigenvalue weighted by molar-refractivity contribution is -0.167. The van der Waals surface area contributed by atoms with Gasteiger partial charge in [-0.05, 0) is 41.6 Å². The molecule has 4 heterocycles. The number of nitrogens with one attached hydrogen (secondary N) is 2. The van der Waals surface area contributed by atoms with Crippen LogP contribution in [0.25, 0.3) is 0 Å². The minimum absolute atomic E-state index is 0.117. The second-order valence-electron chi connectivity index (χ2n) is 8.08. The number of halogens is 3. The third kappa shape index (κ3) is 7.45. The molecule has 1 fully saturated rings. The molecule has 40 heavy (non-hydrogen) atoms. The molecule has 1 saturated heterocycles. The Morgan fingerprint density at radius 1 is 1.30 bits per heavy atom. The summed E-state index contributed by atoms with van der Waals surface area (Å²) in [4.78, 5) is 55.4. The second-order valence-corrected chi connectivity index (χ2v) is 11.5. The number of carbonyl (C=O) groups is 4. The van der Waals surface area contributed by atoms with Crippen molar-refractivity contribution >= 4 is 59.0 Å². The van der Waals surface area contributed by atoms with Crippen LogP contribution < -0.4 is 5.32 Å². The summed E-state index contributed by atoms with van der Waals surface area (Å²) in [5.74, 6) is -4.02. The van der Waals surface area contributed by atoms with Gasteiger partial charge in [-0.25, -0.2) is 4.79 Å². The molecule has 2 N–H and O–H groups in total. The molecule has 2 aromatic rings. The number of H-pyrrole nitrogens is 1. The Hall–Kier alpha value is -3.32. The molecule has 214 valence electrons. The van der Waals surface area contributed by atoms with Crippen molar-refractivity contribution in [2.24, 2.45) is 0 Å². The predicted molar refractivity (Wildman–Crippen MR) is 135 cm³/mol. The van der Waals surface area contributed by atoms with Crippen LogP contribution in [-0.2, 0) is 35.1 Å². The van der Waals surface area contributed by atoms with E-state index < -0.39 is 70.2 Å². The maximum absolute atomic E-state index is 13.2. The Morgan fingerprint density at radius 2 is 2.10 bits per heavy atom. The number of esters is 2. The lowest BCUT2D eigenvalue weighted by atomic mass is 10.0. The van der Waals surface area contributed by atoms with Crippen LogP contribution in [0.2, 0.25) is 0 Å². The molecule has 13 nitrogen and oxygen atoms in total. The number of fused-ring (bicyclic) bond motifs is 1. The van der Waals surface area contributed by atoms with E-state index in [1.165, 1.54) is 18.0 Å². The molecule has 0 saturated carbocycles. The molecule has 19 heteroatoms. The molecule has 0 aromatic carbocycles. The van der Waals surface area contributed by atoms with Crippen LogP contribution in [0.15, 0.2) is 40.8 Å². The van der Waals surface area contributed by atoms with Gasteiger partial charge >= 0.3 is 17.4 Å². The number of carbonyl (C=O) groups excluding carboxylic acids is 4. The molecule has 2 aromatic heterocycles. The van der Waals surface area contributed by atoms with Crippen LogP contribution in [0, 0.1) is 0 Å². The zero-order valence-corrected chi connectivity index (χ0v) is 22.9. The molecule has 2 unspecified atom stereocenters. The lowest BCUT2D eigenvalue weighted by Crippen LogP contribution is -2.71. The number of ether oxygens (including phenoxy) is 2. The van der Waals surface area contributed by atoms with E-state index in [1.54, 1.807) is 25.1 Å². The number of pyridine rings is 1. The number of amides is 2. The number of nitrogens with zero attached hydrogens (tertiary/aromatic N) is 5. The highest BCUT2D eigenvalue weighted by Crippen LogP contribution is 2.43. The van der Waals surface area contributed by atoms with Gasteiger partial charge in [0.05, 0.1) is 17.9 Å². The Bertz CT molecular complexity index is 1280. The summed E-state index contributed by atoms with van der Waals surface area (Å²) in [6, 6.07) is 3.88. The Balaban J connectivity index is 1.44. The normalized spacial score (nSPS) is 19.4. The van der Waals surface area contributed by atoms with Crippen LogP contribution in [0.1, 0.15) is 12.6 Å². The summed E-state index contributed by atoms with van der Waals surface area (Å²) in [6.07, 6.45) is 1.36. The van der Waals surface area contributed by atoms with Crippen LogP contribution in [-0.4, -0.2) is 94.7 Å². The van der Waals surface area contributed by atoms with Crippen LogP contribution in [0.3, 0.4) is 0 Å². The number of aromatic nitrogens is 5. The number of tetrazole rings is 1. The largest absolute Gasteiger partial charge is 0.442 e. The number of thioether (sulfide) groups is 3. The quantitative estimate of drug-likeness (QED) is 0.160. The van der Waals surface area contributed by atoms with Crippen molar-refractivity contribution in [2.45, 2.75) is 40.7 Å². The van der Waals surface area contributed by atoms with Gasteiger partial charge in [0.2, 0.25) is 17.9 Å². The van der Waals surface area contributed by atoms with Crippen LogP contribution in [0.5, 0.6) is 0 Å². The summed E-state index contributed by atoms with van der Waals surface area (Å²) < 4.78 is 47.5. The summed E-state index contributed by atoms with van der Waals surface area (Å²) in [5, 5.41) is 14.9. The van der Waals surface area contributed by atoms with E-state index in [2.05, 4.69) is 30.9 Å². The van der Waals surface area contributed by atoms with Crippen molar-refractivity contribution < 1.29 is 41.8 Å². The first-order valence-electron chi connectivity index (χ1n) is 11.3. The van der Waals surface area contributed by atoms with Gasteiger partial charge in [-0.3, -0.25) is 24.3 Å². The molecule has 2 aliphatic rings. The fraction of sp³-hybridized carbons (Fsp3) is 0.429. The molecule has 4 rings (SSSR count). The van der Waals surface area contributed by atoms with Crippen molar-refractivity contribution in [3.05, 3.63) is 41.4 Å². The maximum Gasteiger partial charge on any atom is 0.442 e. The van der Waals surface area contributed by atoms with Gasteiger partial charge in [0.15, 0.2) is 0 Å². The molecule has 2 aliphatic heterocycles. The number of aromatic amines is 1. The standard InChI is InChI=1S/C21H20F3N7O6S3/c1-10(40-20-27-29-30-28-20)12-7-38-18-15(26-13(32)8-39-21(22,23)24)17(34)31(18)16(12)19(35)37-9-36-14(33)6-11-4-2-3-5-25-11/h2-5,10,15,18H,6-9H2,1H3,(H,26,32)(H,27,28,29,30)/t10?,15?,18-/m0/s1. The van der Waals surface area contributed by atoms with Crippen molar-refractivity contribution in [2.75, 3.05) is 18.3 Å². The number of alkyl halides is 3. The van der Waals surface area contributed by atoms with E-state index in [0.29, 0.717) is 11.3 Å². The monoisotopic (exact) mass is 619 g/mol. The minimum Gasteiger partial charge on any atom is -0.428 e. The fourth-order valence-corrected chi connectivity index (χ4v) is 6.45. The predicted octanol–water partition coefficient (Wildman–Crippen LogP) is 1.27. The molecule has 0 radical (unpaired) electrons. The summed E-state index contributed by atoms with van der Waals surface area (Å²) in [5.41, 5.74) is -3.79. The van der Waals surface area contributed by atoms with E-state index >= 15 is 0 Å². The number of hydrogen-bond donors (Lipinski definition) is 2. The van der Waals surface area contributed by atoms with E-state index in [0.717, 1.165) is 16.7 Å². The zero-order valence-electron chi connectivity index (χ0n) is 20.4. The van der Waals surface area contributed by atoms with Gasteiger partial charge in [-0.1, -0.05) is 17.8 Å². The summed E-state index contributed by atoms with van der Waals surface area (Å²) in [7, 11) is 0. The summed E-state index contributed by atoms with van der Waals surface area (Å²) in [6.45, 7) is 1.01. The SMILES string of the molecule is CC(Sc1nn[nH]n1)C1=C(C(=O)OCOC(=O)Cc2ccccn2)N2C(=O)C(NC(=O)CSC(F)(F)F)[C@@H]2SC1. The average Bonchev–Trinajstić information content (AvgIpc) is 3.42. The van der Waals surface area contributed by atoms with Crippen molar-refractivity contribution in [3.8, 4) is 0 Å². The van der Waals surface area contributed by atoms with Crippen molar-refractivity contribution in [1.29, 1.82) is 0 Å². The molecular weight excluding hydrogens is 599 g/mol. The van der Waals surface area contributed by atoms with Gasteiger partial charge in [-0.15, -0.1) is 22.0 Å². The lowest BCUT2D eigenvalue weighted by Gasteiger charge is -2.50. The highest BCUT2D eigenvalue weighted by atomic mass is 32.2. The first-order valence-corrected chi connectivity index (χ1v) is 14.3. The van der Waals surface area contributed by atoms with E-state index in [4.69, 9.17) is 9.47 Å². The van der Waals surface area contributed by atoms with E-state index in [1.807, 2.05) is 0 Å². The highest BCUT2D eigenvalue weighted by Gasteiger charge is 2.55. The smallest absolute Gasteiger partial charge is 0.428 e. The first kappa shape index (κ1) is 29.7. The number of rotatable bonds is 11. The average molecular weight is 620 g/mol. The third-order valence-corrected chi connectivity index (χ3v) is 8.49. The highest BCUT2D eigenvalue weighted by molar-refractivity contribution is 8.01. The van der Waals surface area contributed by atoms with Gasteiger partial charge in [0.1, 0.15) is 17.1 Å². The van der Waals surface area contributed by atoms with Crippen LogP contribution in [0.4, 0.5) is 13.2 Å². The number of β-lactam (4-membered cyclic amide) rings is 1. The molecule has 0 bridgehead atoms. The molecule has 0 aliphatic carbocycles. The molecule has 0 spiro atoms. The molecule has 2 amide bonds. The van der Waals surface area contributed by atoms with Crippen molar-refractivity contribution in [1.82, 2.24) is 35.8 Å². The van der Waals surface area contributed by atoms with Gasteiger partial charge in [-0.2, -0.15) is 18.4 Å². The van der Waals surface area contributed by atoms with Gasteiger partial charge in [0, 0.05) is 17.2 Å². The van der Waals surface area contributed by atoms with Crippen molar-refractivity contribution in [3.63, 3.8) is 0 Å². The Kier molecular flexibility index (Phi) is 9.56. The Labute approximate surface area is 236 Å². The maximum atomic E-state index is 13.2. The van der Waals surface area contributed by atoms with E-state index in [9.17, 15) is 32.3 Å². The number of hydrogen-bond acceptors (Lipinski definition) is 13. The summed E-state index contributed by atoms with van der Waals surface area (Å²) >= 11 is 1.85.